The monoisotopic (exact) mass is 302 g/mol. The third-order valence-corrected chi connectivity index (χ3v) is 5.44. The zero-order chi connectivity index (χ0) is 14.8. The molecule has 1 saturated heterocycles. The molecule has 1 heterocycles. The molecule has 1 aliphatic rings. The molecule has 2 rings (SSSR count). The molecule has 1 fully saturated rings. The van der Waals surface area contributed by atoms with Gasteiger partial charge in [-0.1, -0.05) is 6.07 Å². The summed E-state index contributed by atoms with van der Waals surface area (Å²) in [7, 11) is -2.31. The van der Waals surface area contributed by atoms with Crippen LogP contribution in [0, 0.1) is 11.7 Å². The molecule has 0 saturated carbocycles. The van der Waals surface area contributed by atoms with Crippen LogP contribution in [0.1, 0.15) is 12.8 Å². The van der Waals surface area contributed by atoms with Crippen molar-refractivity contribution in [1.29, 1.82) is 0 Å². The number of nitrogens with zero attached hydrogens (tertiary/aromatic N) is 1. The lowest BCUT2D eigenvalue weighted by molar-refractivity contribution is 0.118. The van der Waals surface area contributed by atoms with E-state index in [1.165, 1.54) is 16.4 Å². The Morgan fingerprint density at radius 3 is 2.90 bits per heavy atom. The van der Waals surface area contributed by atoms with Crippen LogP contribution >= 0.6 is 0 Å². The fourth-order valence-corrected chi connectivity index (χ4v) is 4.26. The van der Waals surface area contributed by atoms with Crippen LogP contribution in [-0.2, 0) is 14.8 Å². The first-order valence-electron chi connectivity index (χ1n) is 6.50. The van der Waals surface area contributed by atoms with Crippen molar-refractivity contribution < 1.29 is 17.5 Å². The predicted molar refractivity (Wildman–Crippen MR) is 74.2 cm³/mol. The molecule has 1 aromatic rings. The van der Waals surface area contributed by atoms with Gasteiger partial charge >= 0.3 is 0 Å². The molecule has 112 valence electrons. The van der Waals surface area contributed by atoms with Crippen molar-refractivity contribution in [3.8, 4) is 0 Å². The number of methoxy groups -OCH3 is 1. The number of ether oxygens (including phenoxy) is 1. The minimum absolute atomic E-state index is 0.0566. The van der Waals surface area contributed by atoms with Crippen LogP contribution in [0.15, 0.2) is 23.1 Å². The van der Waals surface area contributed by atoms with E-state index in [0.29, 0.717) is 19.7 Å². The molecule has 1 unspecified atom stereocenters. The van der Waals surface area contributed by atoms with Crippen LogP contribution in [0.2, 0.25) is 0 Å². The van der Waals surface area contributed by atoms with E-state index in [4.69, 9.17) is 10.5 Å². The summed E-state index contributed by atoms with van der Waals surface area (Å²) in [6.07, 6.45) is 1.65. The lowest BCUT2D eigenvalue weighted by atomic mass is 10.0. The quantitative estimate of drug-likeness (QED) is 0.855. The van der Waals surface area contributed by atoms with E-state index in [1.807, 2.05) is 0 Å². The van der Waals surface area contributed by atoms with Crippen molar-refractivity contribution in [2.45, 2.75) is 17.7 Å². The normalized spacial score (nSPS) is 21.0. The minimum atomic E-state index is -3.90. The summed E-state index contributed by atoms with van der Waals surface area (Å²) in [5.74, 6) is -0.671. The van der Waals surface area contributed by atoms with Gasteiger partial charge in [0.15, 0.2) is 0 Å². The number of benzene rings is 1. The number of hydrogen-bond acceptors (Lipinski definition) is 4. The van der Waals surface area contributed by atoms with Crippen LogP contribution < -0.4 is 5.73 Å². The fourth-order valence-electron chi connectivity index (χ4n) is 2.54. The summed E-state index contributed by atoms with van der Waals surface area (Å²) in [5, 5.41) is 0. The molecule has 5 nitrogen and oxygen atoms in total. The Hall–Kier alpha value is -1.18. The Balaban J connectivity index is 2.30. The summed E-state index contributed by atoms with van der Waals surface area (Å²) in [5.41, 5.74) is 5.58. The maximum Gasteiger partial charge on any atom is 0.248 e. The SMILES string of the molecule is COCC1CCCN(S(=O)(=O)c2c(N)cccc2F)C1. The lowest BCUT2D eigenvalue weighted by Crippen LogP contribution is -2.41. The first-order valence-corrected chi connectivity index (χ1v) is 7.94. The Labute approximate surface area is 118 Å². The molecule has 0 aromatic heterocycles. The van der Waals surface area contributed by atoms with Gasteiger partial charge in [0.2, 0.25) is 10.0 Å². The molecule has 1 aliphatic heterocycles. The number of hydrogen-bond donors (Lipinski definition) is 1. The first kappa shape index (κ1) is 15.2. The number of sulfonamides is 1. The maximum atomic E-state index is 13.8. The van der Waals surface area contributed by atoms with Crippen LogP contribution in [0.5, 0.6) is 0 Å². The molecule has 0 amide bonds. The van der Waals surface area contributed by atoms with Crippen molar-refractivity contribution in [3.05, 3.63) is 24.0 Å². The van der Waals surface area contributed by atoms with Crippen molar-refractivity contribution in [2.24, 2.45) is 5.92 Å². The zero-order valence-electron chi connectivity index (χ0n) is 11.4. The van der Waals surface area contributed by atoms with E-state index in [2.05, 4.69) is 0 Å². The highest BCUT2D eigenvalue weighted by molar-refractivity contribution is 7.89. The first-order chi connectivity index (χ1) is 9.46. The van der Waals surface area contributed by atoms with Gasteiger partial charge < -0.3 is 10.5 Å². The molecule has 0 radical (unpaired) electrons. The second kappa shape index (κ2) is 6.07. The summed E-state index contributed by atoms with van der Waals surface area (Å²) in [6.45, 7) is 1.22. The minimum Gasteiger partial charge on any atom is -0.398 e. The highest BCUT2D eigenvalue weighted by atomic mass is 32.2. The van der Waals surface area contributed by atoms with Crippen LogP contribution in [-0.4, -0.2) is 39.5 Å². The maximum absolute atomic E-state index is 13.8. The van der Waals surface area contributed by atoms with Crippen LogP contribution in [0.3, 0.4) is 0 Å². The third-order valence-electron chi connectivity index (χ3n) is 3.48. The van der Waals surface area contributed by atoms with Gasteiger partial charge in [0.1, 0.15) is 10.7 Å². The summed E-state index contributed by atoms with van der Waals surface area (Å²) >= 11 is 0. The van der Waals surface area contributed by atoms with Crippen LogP contribution in [0.4, 0.5) is 10.1 Å². The third kappa shape index (κ3) is 2.94. The number of halogens is 1. The highest BCUT2D eigenvalue weighted by Crippen LogP contribution is 2.28. The zero-order valence-corrected chi connectivity index (χ0v) is 12.2. The van der Waals surface area contributed by atoms with E-state index in [-0.39, 0.29) is 11.6 Å². The lowest BCUT2D eigenvalue weighted by Gasteiger charge is -2.31. The van der Waals surface area contributed by atoms with Crippen LogP contribution in [0.25, 0.3) is 0 Å². The van der Waals surface area contributed by atoms with Gasteiger partial charge in [0.05, 0.1) is 12.3 Å². The number of nitrogens with two attached hydrogens (primary N) is 1. The van der Waals surface area contributed by atoms with Gasteiger partial charge in [-0.05, 0) is 30.9 Å². The van der Waals surface area contributed by atoms with Crippen molar-refractivity contribution in [3.63, 3.8) is 0 Å². The van der Waals surface area contributed by atoms with Crippen molar-refractivity contribution in [1.82, 2.24) is 4.31 Å². The molecular formula is C13H19FN2O3S. The molecule has 7 heteroatoms. The molecular weight excluding hydrogens is 283 g/mol. The summed E-state index contributed by atoms with van der Waals surface area (Å²) in [4.78, 5) is -0.418. The Kier molecular flexibility index (Phi) is 4.62. The van der Waals surface area contributed by atoms with Crippen molar-refractivity contribution >= 4 is 15.7 Å². The number of piperidine rings is 1. The molecule has 0 bridgehead atoms. The van der Waals surface area contributed by atoms with Gasteiger partial charge in [-0.25, -0.2) is 12.8 Å². The Bertz CT molecular complexity index is 555. The van der Waals surface area contributed by atoms with E-state index >= 15 is 0 Å². The Morgan fingerprint density at radius 2 is 2.25 bits per heavy atom. The number of nitrogen functional groups attached to an aromatic ring is 1. The standard InChI is InChI=1S/C13H19FN2O3S/c1-19-9-10-4-3-7-16(8-10)20(17,18)13-11(14)5-2-6-12(13)15/h2,5-6,10H,3-4,7-9,15H2,1H3. The van der Waals surface area contributed by atoms with Gasteiger partial charge in [-0.15, -0.1) is 0 Å². The molecule has 1 aromatic carbocycles. The van der Waals surface area contributed by atoms with Gasteiger partial charge in [0, 0.05) is 20.2 Å². The molecule has 0 aliphatic carbocycles. The van der Waals surface area contributed by atoms with Gasteiger partial charge in [-0.3, -0.25) is 0 Å². The second-order valence-electron chi connectivity index (χ2n) is 4.98. The second-order valence-corrected chi connectivity index (χ2v) is 6.86. The summed E-state index contributed by atoms with van der Waals surface area (Å²) < 4.78 is 45.3. The van der Waals surface area contributed by atoms with E-state index in [1.54, 1.807) is 7.11 Å². The van der Waals surface area contributed by atoms with Gasteiger partial charge in [0.25, 0.3) is 0 Å². The number of anilines is 1. The van der Waals surface area contributed by atoms with Gasteiger partial charge in [-0.2, -0.15) is 4.31 Å². The largest absolute Gasteiger partial charge is 0.398 e. The predicted octanol–water partition coefficient (Wildman–Crippen LogP) is 1.45. The molecule has 0 spiro atoms. The average molecular weight is 302 g/mol. The smallest absolute Gasteiger partial charge is 0.248 e. The average Bonchev–Trinajstić information content (AvgIpc) is 2.39. The molecule has 20 heavy (non-hydrogen) atoms. The number of rotatable bonds is 4. The van der Waals surface area contributed by atoms with E-state index in [9.17, 15) is 12.8 Å². The molecule has 1 atom stereocenters. The molecule has 2 N–H and O–H groups in total. The van der Waals surface area contributed by atoms with E-state index in [0.717, 1.165) is 18.9 Å². The van der Waals surface area contributed by atoms with E-state index < -0.39 is 20.7 Å². The van der Waals surface area contributed by atoms with Crippen molar-refractivity contribution in [2.75, 3.05) is 32.5 Å². The topological polar surface area (TPSA) is 72.6 Å². The fraction of sp³-hybridized carbons (Fsp3) is 0.538. The Morgan fingerprint density at radius 1 is 1.50 bits per heavy atom. The summed E-state index contributed by atoms with van der Waals surface area (Å²) in [6, 6.07) is 3.90. The highest BCUT2D eigenvalue weighted by Gasteiger charge is 2.33.